The molecule has 1 saturated carbocycles. The molecule has 0 amide bonds. The van der Waals surface area contributed by atoms with E-state index in [9.17, 15) is 4.79 Å². The third-order valence-electron chi connectivity index (χ3n) is 6.04. The number of fused-ring (bicyclic) bond motifs is 2. The standard InChI is InChI=1S/C19H17ClN8O2/c1-26-8-22-18-16(26)19(29)28(9-23-18)7-14-24-17(25-30-14)15-12-5-27(6-13(12)15)11-2-10(20)3-21-4-11/h2-4,8-9,12-13,15H,5-7H2,1H3/t12-,13+,15?. The molecular formula is C19H17ClN8O2. The predicted molar refractivity (Wildman–Crippen MR) is 107 cm³/mol. The van der Waals surface area contributed by atoms with E-state index >= 15 is 0 Å². The number of aryl methyl sites for hydroxylation is 1. The van der Waals surface area contributed by atoms with Gasteiger partial charge in [0.15, 0.2) is 17.0 Å². The van der Waals surface area contributed by atoms with Crippen LogP contribution in [-0.2, 0) is 13.6 Å². The van der Waals surface area contributed by atoms with Crippen molar-refractivity contribution in [2.75, 3.05) is 18.0 Å². The van der Waals surface area contributed by atoms with Crippen LogP contribution in [0.25, 0.3) is 11.2 Å². The molecule has 1 aliphatic heterocycles. The average molecular weight is 425 g/mol. The Balaban J connectivity index is 1.17. The minimum absolute atomic E-state index is 0.183. The Morgan fingerprint density at radius 2 is 2.00 bits per heavy atom. The van der Waals surface area contributed by atoms with Gasteiger partial charge in [-0.3, -0.25) is 14.3 Å². The molecule has 11 heteroatoms. The number of aromatic nitrogens is 7. The van der Waals surface area contributed by atoms with Gasteiger partial charge in [0.2, 0.25) is 5.89 Å². The Labute approximate surface area is 175 Å². The van der Waals surface area contributed by atoms with E-state index in [2.05, 4.69) is 30.0 Å². The molecule has 4 aromatic rings. The molecule has 1 aliphatic carbocycles. The summed E-state index contributed by atoms with van der Waals surface area (Å²) in [6, 6.07) is 1.94. The Kier molecular flexibility index (Phi) is 3.73. The SMILES string of the molecule is Cn1cnc2ncn(Cc3nc(C4[C@H]5CN(c6cncc(Cl)c6)C[C@@H]45)no3)c(=O)c21. The van der Waals surface area contributed by atoms with Gasteiger partial charge in [0, 0.05) is 32.3 Å². The fourth-order valence-corrected chi connectivity index (χ4v) is 4.66. The summed E-state index contributed by atoms with van der Waals surface area (Å²) in [4.78, 5) is 32.0. The number of hydrogen-bond donors (Lipinski definition) is 0. The lowest BCUT2D eigenvalue weighted by atomic mass is 10.2. The number of rotatable bonds is 4. The second kappa shape index (κ2) is 6.36. The van der Waals surface area contributed by atoms with Crippen LogP contribution in [0.4, 0.5) is 5.69 Å². The molecule has 0 radical (unpaired) electrons. The maximum Gasteiger partial charge on any atom is 0.280 e. The fraction of sp³-hybridized carbons (Fsp3) is 0.368. The second-order valence-corrected chi connectivity index (χ2v) is 8.31. The molecule has 1 saturated heterocycles. The zero-order chi connectivity index (χ0) is 20.4. The smallest absolute Gasteiger partial charge is 0.280 e. The lowest BCUT2D eigenvalue weighted by Gasteiger charge is -2.21. The van der Waals surface area contributed by atoms with Crippen LogP contribution in [0.3, 0.4) is 0 Å². The Morgan fingerprint density at radius 3 is 2.80 bits per heavy atom. The average Bonchev–Trinajstić information content (AvgIpc) is 3.16. The van der Waals surface area contributed by atoms with E-state index in [0.717, 1.165) is 18.8 Å². The van der Waals surface area contributed by atoms with Crippen LogP contribution in [0, 0.1) is 11.8 Å². The van der Waals surface area contributed by atoms with Crippen molar-refractivity contribution >= 4 is 28.5 Å². The highest BCUT2D eigenvalue weighted by atomic mass is 35.5. The molecule has 0 bridgehead atoms. The number of pyridine rings is 1. The van der Waals surface area contributed by atoms with Crippen molar-refractivity contribution in [1.82, 2.24) is 34.2 Å². The van der Waals surface area contributed by atoms with Crippen molar-refractivity contribution in [2.45, 2.75) is 12.5 Å². The quantitative estimate of drug-likeness (QED) is 0.484. The van der Waals surface area contributed by atoms with E-state index in [1.807, 2.05) is 12.3 Å². The molecule has 0 aromatic carbocycles. The van der Waals surface area contributed by atoms with Gasteiger partial charge in [-0.1, -0.05) is 16.8 Å². The predicted octanol–water partition coefficient (Wildman–Crippen LogP) is 1.46. The van der Waals surface area contributed by atoms with E-state index in [1.54, 1.807) is 24.1 Å². The number of halogens is 1. The summed E-state index contributed by atoms with van der Waals surface area (Å²) in [7, 11) is 1.77. The van der Waals surface area contributed by atoms with E-state index in [-0.39, 0.29) is 12.1 Å². The number of anilines is 1. The van der Waals surface area contributed by atoms with E-state index < -0.39 is 0 Å². The molecule has 5 heterocycles. The summed E-state index contributed by atoms with van der Waals surface area (Å²) in [5.74, 6) is 2.39. The van der Waals surface area contributed by atoms with Crippen LogP contribution in [0.1, 0.15) is 17.6 Å². The largest absolute Gasteiger partial charge is 0.370 e. The van der Waals surface area contributed by atoms with Crippen LogP contribution < -0.4 is 10.5 Å². The van der Waals surface area contributed by atoms with Gasteiger partial charge in [-0.15, -0.1) is 0 Å². The second-order valence-electron chi connectivity index (χ2n) is 7.87. The van der Waals surface area contributed by atoms with Gasteiger partial charge in [-0.05, 0) is 17.9 Å². The van der Waals surface area contributed by atoms with Crippen LogP contribution >= 0.6 is 11.6 Å². The van der Waals surface area contributed by atoms with Gasteiger partial charge in [0.05, 0.1) is 23.2 Å². The number of piperidine rings is 1. The first-order chi connectivity index (χ1) is 14.6. The number of nitrogens with zero attached hydrogens (tertiary/aromatic N) is 8. The summed E-state index contributed by atoms with van der Waals surface area (Å²) >= 11 is 6.06. The number of imidazole rings is 1. The van der Waals surface area contributed by atoms with Gasteiger partial charge in [-0.2, -0.15) is 4.98 Å². The van der Waals surface area contributed by atoms with Gasteiger partial charge < -0.3 is 14.0 Å². The van der Waals surface area contributed by atoms with Crippen molar-refractivity contribution in [3.05, 3.63) is 58.2 Å². The van der Waals surface area contributed by atoms with Crippen LogP contribution in [0.2, 0.25) is 5.02 Å². The van der Waals surface area contributed by atoms with Gasteiger partial charge in [-0.25, -0.2) is 9.97 Å². The normalized spacial score (nSPS) is 22.6. The Morgan fingerprint density at radius 1 is 1.20 bits per heavy atom. The summed E-state index contributed by atoms with van der Waals surface area (Å²) in [5.41, 5.74) is 1.73. The summed E-state index contributed by atoms with van der Waals surface area (Å²) in [6.07, 6.45) is 6.51. The van der Waals surface area contributed by atoms with Crippen LogP contribution in [0.5, 0.6) is 0 Å². The third kappa shape index (κ3) is 2.71. The first-order valence-corrected chi connectivity index (χ1v) is 10.0. The molecular weight excluding hydrogens is 408 g/mol. The molecule has 1 unspecified atom stereocenters. The zero-order valence-corrected chi connectivity index (χ0v) is 16.8. The number of hydrogen-bond acceptors (Lipinski definition) is 8. The third-order valence-corrected chi connectivity index (χ3v) is 6.24. The van der Waals surface area contributed by atoms with E-state index in [4.69, 9.17) is 16.1 Å². The van der Waals surface area contributed by atoms with E-state index in [0.29, 0.717) is 45.7 Å². The molecule has 6 rings (SSSR count). The summed E-state index contributed by atoms with van der Waals surface area (Å²) in [6.45, 7) is 2.02. The van der Waals surface area contributed by atoms with Crippen molar-refractivity contribution in [2.24, 2.45) is 18.9 Å². The van der Waals surface area contributed by atoms with Crippen LogP contribution in [-0.4, -0.2) is 47.3 Å². The molecule has 30 heavy (non-hydrogen) atoms. The van der Waals surface area contributed by atoms with Gasteiger partial charge >= 0.3 is 0 Å². The highest BCUT2D eigenvalue weighted by Gasteiger charge is 2.58. The molecule has 3 atom stereocenters. The summed E-state index contributed by atoms with van der Waals surface area (Å²) in [5, 5.41) is 4.82. The Hall–Kier alpha value is -3.27. The van der Waals surface area contributed by atoms with Gasteiger partial charge in [0.1, 0.15) is 12.9 Å². The molecule has 0 spiro atoms. The molecule has 10 nitrogen and oxygen atoms in total. The molecule has 4 aromatic heterocycles. The maximum absolute atomic E-state index is 12.7. The maximum atomic E-state index is 12.7. The lowest BCUT2D eigenvalue weighted by molar-refractivity contribution is 0.363. The minimum Gasteiger partial charge on any atom is -0.370 e. The first kappa shape index (κ1) is 17.6. The van der Waals surface area contributed by atoms with Crippen molar-refractivity contribution in [1.29, 1.82) is 0 Å². The van der Waals surface area contributed by atoms with Crippen molar-refractivity contribution < 1.29 is 4.52 Å². The molecule has 0 N–H and O–H groups in total. The topological polar surface area (TPSA) is 108 Å². The van der Waals surface area contributed by atoms with Crippen LogP contribution in [0.15, 0.2) is 40.4 Å². The Bertz CT molecular complexity index is 1320. The highest BCUT2D eigenvalue weighted by molar-refractivity contribution is 6.30. The van der Waals surface area contributed by atoms with E-state index in [1.165, 1.54) is 10.9 Å². The minimum atomic E-state index is -0.186. The first-order valence-electron chi connectivity index (χ1n) is 9.63. The van der Waals surface area contributed by atoms with Gasteiger partial charge in [0.25, 0.3) is 5.56 Å². The summed E-state index contributed by atoms with van der Waals surface area (Å²) < 4.78 is 8.55. The highest BCUT2D eigenvalue weighted by Crippen LogP contribution is 2.57. The molecule has 2 aliphatic rings. The van der Waals surface area contributed by atoms with Crippen molar-refractivity contribution in [3.63, 3.8) is 0 Å². The zero-order valence-electron chi connectivity index (χ0n) is 16.0. The monoisotopic (exact) mass is 424 g/mol. The fourth-order valence-electron chi connectivity index (χ4n) is 4.49. The molecule has 152 valence electrons. The van der Waals surface area contributed by atoms with Crippen molar-refractivity contribution in [3.8, 4) is 0 Å². The lowest BCUT2D eigenvalue weighted by Crippen LogP contribution is -2.24. The molecule has 2 fully saturated rings.